The summed E-state index contributed by atoms with van der Waals surface area (Å²) >= 11 is 0. The van der Waals surface area contributed by atoms with E-state index in [0.717, 1.165) is 69.4 Å². The summed E-state index contributed by atoms with van der Waals surface area (Å²) in [4.78, 5) is 28.3. The van der Waals surface area contributed by atoms with Gasteiger partial charge in [0.15, 0.2) is 0 Å². The first-order chi connectivity index (χ1) is 20.6. The Balaban J connectivity index is 1.32. The average molecular weight is 596 g/mol. The van der Waals surface area contributed by atoms with Gasteiger partial charge in [0.2, 0.25) is 5.91 Å². The lowest BCUT2D eigenvalue weighted by atomic mass is 9.77. The molecule has 2 aliphatic heterocycles. The van der Waals surface area contributed by atoms with Crippen molar-refractivity contribution in [3.63, 3.8) is 0 Å². The molecule has 5 rings (SSSR count). The Labute approximate surface area is 250 Å². The first-order valence-corrected chi connectivity index (χ1v) is 14.9. The van der Waals surface area contributed by atoms with Gasteiger partial charge in [-0.1, -0.05) is 6.92 Å². The summed E-state index contributed by atoms with van der Waals surface area (Å²) in [7, 11) is 0. The number of amides is 1. The Hall–Kier alpha value is -3.92. The standard InChI is InChI=1S/C33H39F2N3O5/c1-3-14-42-27-16-22(17-28(43-25-8-9-25)30(27)31(36)26(35)15-21(2)34)19-37-12-10-33(11-13-37)18-29(39)38(20-33)24-6-4-23(5-7-24)32(40)41/h4-7,15-17,25H,3,8-14,18-20,36H2,1-2H3,(H,40,41)/b21-15+,31-26+. The van der Waals surface area contributed by atoms with Gasteiger partial charge in [-0.2, -0.15) is 0 Å². The smallest absolute Gasteiger partial charge is 0.335 e. The van der Waals surface area contributed by atoms with E-state index in [1.54, 1.807) is 17.0 Å². The van der Waals surface area contributed by atoms with Crippen molar-refractivity contribution in [2.75, 3.05) is 31.1 Å². The van der Waals surface area contributed by atoms with Crippen LogP contribution < -0.4 is 20.1 Å². The van der Waals surface area contributed by atoms with Gasteiger partial charge < -0.3 is 25.2 Å². The molecule has 2 aromatic carbocycles. The number of carboxylic acids is 1. The van der Waals surface area contributed by atoms with Crippen molar-refractivity contribution in [3.05, 3.63) is 70.8 Å². The fraction of sp³-hybridized carbons (Fsp3) is 0.455. The number of allylic oxidation sites excluding steroid dienone is 3. The second-order valence-electron chi connectivity index (χ2n) is 11.9. The van der Waals surface area contributed by atoms with Gasteiger partial charge >= 0.3 is 5.97 Å². The molecule has 2 heterocycles. The van der Waals surface area contributed by atoms with Crippen molar-refractivity contribution in [3.8, 4) is 11.5 Å². The Morgan fingerprint density at radius 3 is 2.42 bits per heavy atom. The van der Waals surface area contributed by atoms with Crippen LogP contribution in [0.1, 0.15) is 73.9 Å². The van der Waals surface area contributed by atoms with Crippen LogP contribution in [0.3, 0.4) is 0 Å². The zero-order valence-electron chi connectivity index (χ0n) is 24.7. The Kier molecular flexibility index (Phi) is 9.05. The summed E-state index contributed by atoms with van der Waals surface area (Å²) in [5, 5.41) is 9.18. The van der Waals surface area contributed by atoms with E-state index >= 15 is 0 Å². The van der Waals surface area contributed by atoms with E-state index in [-0.39, 0.29) is 28.7 Å². The molecule has 0 radical (unpaired) electrons. The predicted octanol–water partition coefficient (Wildman–Crippen LogP) is 6.20. The van der Waals surface area contributed by atoms with Crippen LogP contribution in [-0.2, 0) is 11.3 Å². The Bertz CT molecular complexity index is 1420. The maximum Gasteiger partial charge on any atom is 0.335 e. The number of anilines is 1. The number of ether oxygens (including phenoxy) is 2. The molecular formula is C33H39F2N3O5. The molecule has 3 N–H and O–H groups in total. The first kappa shape index (κ1) is 30.5. The molecular weight excluding hydrogens is 556 g/mol. The first-order valence-electron chi connectivity index (χ1n) is 14.9. The van der Waals surface area contributed by atoms with Gasteiger partial charge in [0, 0.05) is 31.3 Å². The topological polar surface area (TPSA) is 105 Å². The van der Waals surface area contributed by atoms with Crippen molar-refractivity contribution in [1.29, 1.82) is 0 Å². The van der Waals surface area contributed by atoms with E-state index in [4.69, 9.17) is 15.2 Å². The lowest BCUT2D eigenvalue weighted by Gasteiger charge is -2.39. The second-order valence-corrected chi connectivity index (χ2v) is 11.9. The molecule has 0 atom stereocenters. The number of carbonyl (C=O) groups excluding carboxylic acids is 1. The monoisotopic (exact) mass is 595 g/mol. The highest BCUT2D eigenvalue weighted by Crippen LogP contribution is 2.44. The number of rotatable bonds is 11. The van der Waals surface area contributed by atoms with E-state index in [2.05, 4.69) is 4.90 Å². The zero-order chi connectivity index (χ0) is 30.7. The minimum absolute atomic E-state index is 0.0281. The molecule has 0 bridgehead atoms. The molecule has 10 heteroatoms. The van der Waals surface area contributed by atoms with Gasteiger partial charge in [-0.25, -0.2) is 13.6 Å². The van der Waals surface area contributed by atoms with Gasteiger partial charge in [-0.05, 0) is 99.5 Å². The number of nitrogens with zero attached hydrogens (tertiary/aromatic N) is 2. The molecule has 3 aliphatic rings. The quantitative estimate of drug-likeness (QED) is 0.298. The van der Waals surface area contributed by atoms with Gasteiger partial charge in [0.25, 0.3) is 0 Å². The number of nitrogens with two attached hydrogens (primary N) is 1. The van der Waals surface area contributed by atoms with E-state index in [1.807, 2.05) is 19.1 Å². The highest BCUT2D eigenvalue weighted by atomic mass is 19.1. The molecule has 43 heavy (non-hydrogen) atoms. The Morgan fingerprint density at radius 2 is 1.81 bits per heavy atom. The number of benzene rings is 2. The molecule has 230 valence electrons. The van der Waals surface area contributed by atoms with Crippen LogP contribution in [0.4, 0.5) is 14.5 Å². The second kappa shape index (κ2) is 12.8. The number of carbonyl (C=O) groups is 2. The van der Waals surface area contributed by atoms with Gasteiger partial charge in [-0.15, -0.1) is 0 Å². The maximum atomic E-state index is 14.9. The third-order valence-electron chi connectivity index (χ3n) is 8.33. The van der Waals surface area contributed by atoms with Crippen molar-refractivity contribution < 1.29 is 33.0 Å². The summed E-state index contributed by atoms with van der Waals surface area (Å²) in [5.41, 5.74) is 8.01. The van der Waals surface area contributed by atoms with E-state index in [0.29, 0.717) is 43.2 Å². The van der Waals surface area contributed by atoms with Crippen LogP contribution in [0.25, 0.3) is 5.70 Å². The van der Waals surface area contributed by atoms with Crippen molar-refractivity contribution in [2.45, 2.75) is 65.0 Å². The molecule has 1 spiro atoms. The fourth-order valence-corrected chi connectivity index (χ4v) is 5.85. The number of halogens is 2. The molecule has 0 aromatic heterocycles. The molecule has 0 unspecified atom stereocenters. The predicted molar refractivity (Wildman–Crippen MR) is 160 cm³/mol. The minimum atomic E-state index is -0.996. The third-order valence-corrected chi connectivity index (χ3v) is 8.33. The lowest BCUT2D eigenvalue weighted by molar-refractivity contribution is -0.118. The van der Waals surface area contributed by atoms with Crippen LogP contribution in [0.15, 0.2) is 54.1 Å². The van der Waals surface area contributed by atoms with Gasteiger partial charge in [-0.3, -0.25) is 9.69 Å². The number of hydrogen-bond acceptors (Lipinski definition) is 6. The van der Waals surface area contributed by atoms with Gasteiger partial charge in [0.05, 0.1) is 35.4 Å². The number of hydrogen-bond donors (Lipinski definition) is 2. The van der Waals surface area contributed by atoms with Gasteiger partial charge in [0.1, 0.15) is 17.3 Å². The van der Waals surface area contributed by atoms with Crippen molar-refractivity contribution in [1.82, 2.24) is 4.90 Å². The number of carboxylic acid groups (broad SMARTS) is 1. The molecule has 1 saturated carbocycles. The normalized spacial score (nSPS) is 19.5. The summed E-state index contributed by atoms with van der Waals surface area (Å²) in [6.45, 7) is 6.35. The zero-order valence-corrected chi connectivity index (χ0v) is 24.7. The molecule has 8 nitrogen and oxygen atoms in total. The number of aromatic carboxylic acids is 1. The van der Waals surface area contributed by atoms with Crippen molar-refractivity contribution in [2.24, 2.45) is 11.1 Å². The third kappa shape index (κ3) is 7.18. The average Bonchev–Trinajstić information content (AvgIpc) is 3.73. The largest absolute Gasteiger partial charge is 0.493 e. The maximum absolute atomic E-state index is 14.9. The van der Waals surface area contributed by atoms with Crippen LogP contribution in [-0.4, -0.2) is 54.2 Å². The van der Waals surface area contributed by atoms with E-state index < -0.39 is 17.6 Å². The van der Waals surface area contributed by atoms with Crippen LogP contribution >= 0.6 is 0 Å². The van der Waals surface area contributed by atoms with Crippen LogP contribution in [0, 0.1) is 5.41 Å². The SMILES string of the molecule is CCCOc1cc(CN2CCC3(CC2)CC(=O)N(c2ccc(C(=O)O)cc2)C3)cc(OC2CC2)c1/C(N)=C(F)/C=C(\C)F. The minimum Gasteiger partial charge on any atom is -0.493 e. The molecule has 1 aliphatic carbocycles. The van der Waals surface area contributed by atoms with E-state index in [1.165, 1.54) is 12.1 Å². The van der Waals surface area contributed by atoms with Crippen molar-refractivity contribution >= 4 is 23.3 Å². The summed E-state index contributed by atoms with van der Waals surface area (Å²) in [6.07, 6.45) is 5.50. The summed E-state index contributed by atoms with van der Waals surface area (Å²) in [5.74, 6) is -1.67. The van der Waals surface area contributed by atoms with E-state index in [9.17, 15) is 23.5 Å². The number of likely N-dealkylation sites (tertiary alicyclic amines) is 1. The highest BCUT2D eigenvalue weighted by Gasteiger charge is 2.45. The molecule has 2 aromatic rings. The summed E-state index contributed by atoms with van der Waals surface area (Å²) < 4.78 is 40.6. The summed E-state index contributed by atoms with van der Waals surface area (Å²) in [6, 6.07) is 10.2. The molecule has 2 saturated heterocycles. The highest BCUT2D eigenvalue weighted by molar-refractivity contribution is 5.97. The van der Waals surface area contributed by atoms with Crippen LogP contribution in [0.2, 0.25) is 0 Å². The molecule has 1 amide bonds. The number of piperidine rings is 1. The fourth-order valence-electron chi connectivity index (χ4n) is 5.85. The van der Waals surface area contributed by atoms with Crippen LogP contribution in [0.5, 0.6) is 11.5 Å². The molecule has 3 fully saturated rings. The lowest BCUT2D eigenvalue weighted by Crippen LogP contribution is -2.41. The Morgan fingerprint density at radius 1 is 1.14 bits per heavy atom.